The number of nitrogens with one attached hydrogen (secondary N) is 1. The van der Waals surface area contributed by atoms with Crippen LogP contribution in [0.25, 0.3) is 11.3 Å². The second-order valence-corrected chi connectivity index (χ2v) is 6.12. The summed E-state index contributed by atoms with van der Waals surface area (Å²) in [5.41, 5.74) is 2.71. The van der Waals surface area contributed by atoms with Gasteiger partial charge >= 0.3 is 0 Å². The van der Waals surface area contributed by atoms with Crippen molar-refractivity contribution >= 4 is 17.5 Å². The normalized spacial score (nSPS) is 14.0. The third-order valence-corrected chi connectivity index (χ3v) is 4.36. The highest BCUT2D eigenvalue weighted by molar-refractivity contribution is 5.65. The van der Waals surface area contributed by atoms with Gasteiger partial charge in [0.2, 0.25) is 5.95 Å². The van der Waals surface area contributed by atoms with Crippen LogP contribution in [0.3, 0.4) is 0 Å². The lowest BCUT2D eigenvalue weighted by atomic mass is 10.2. The van der Waals surface area contributed by atoms with Crippen molar-refractivity contribution in [1.82, 2.24) is 15.0 Å². The molecule has 27 heavy (non-hydrogen) atoms. The lowest BCUT2D eigenvalue weighted by Crippen LogP contribution is -2.36. The topological polar surface area (TPSA) is 72.4 Å². The molecular formula is C20H21N5O2. The minimum Gasteiger partial charge on any atom is -0.497 e. The smallest absolute Gasteiger partial charge is 0.227 e. The Hall–Kier alpha value is -3.19. The summed E-state index contributed by atoms with van der Waals surface area (Å²) in [6.45, 7) is 3.16. The summed E-state index contributed by atoms with van der Waals surface area (Å²) in [5, 5.41) is 3.22. The van der Waals surface area contributed by atoms with E-state index in [9.17, 15) is 0 Å². The molecule has 1 saturated heterocycles. The molecule has 1 aliphatic rings. The quantitative estimate of drug-likeness (QED) is 0.746. The first-order valence-electron chi connectivity index (χ1n) is 8.85. The van der Waals surface area contributed by atoms with Gasteiger partial charge in [-0.3, -0.25) is 0 Å². The molecular weight excluding hydrogens is 342 g/mol. The van der Waals surface area contributed by atoms with E-state index in [1.165, 1.54) is 0 Å². The molecule has 1 N–H and O–H groups in total. The predicted octanol–water partition coefficient (Wildman–Crippen LogP) is 3.13. The van der Waals surface area contributed by atoms with Crippen molar-refractivity contribution in [2.45, 2.75) is 0 Å². The minimum atomic E-state index is 0.533. The molecule has 0 unspecified atom stereocenters. The number of benzene rings is 1. The fourth-order valence-electron chi connectivity index (χ4n) is 2.95. The third kappa shape index (κ3) is 4.15. The van der Waals surface area contributed by atoms with E-state index in [4.69, 9.17) is 9.47 Å². The molecule has 2 aromatic heterocycles. The molecule has 3 aromatic rings. The monoisotopic (exact) mass is 363 g/mol. The van der Waals surface area contributed by atoms with Crippen LogP contribution in [0.15, 0.2) is 54.9 Å². The number of aromatic nitrogens is 3. The van der Waals surface area contributed by atoms with Gasteiger partial charge in [0.05, 0.1) is 26.0 Å². The van der Waals surface area contributed by atoms with E-state index < -0.39 is 0 Å². The molecule has 1 aromatic carbocycles. The molecule has 0 aliphatic carbocycles. The number of hydrogen-bond acceptors (Lipinski definition) is 7. The molecule has 138 valence electrons. The first-order chi connectivity index (χ1) is 13.3. The molecule has 0 saturated carbocycles. The molecule has 1 fully saturated rings. The van der Waals surface area contributed by atoms with Crippen LogP contribution in [0.4, 0.5) is 17.5 Å². The maximum absolute atomic E-state index is 5.42. The molecule has 3 heterocycles. The van der Waals surface area contributed by atoms with Crippen LogP contribution in [0, 0.1) is 0 Å². The van der Waals surface area contributed by atoms with Gasteiger partial charge in [-0.25, -0.2) is 15.0 Å². The Morgan fingerprint density at radius 1 is 1.04 bits per heavy atom. The number of ether oxygens (including phenoxy) is 2. The molecule has 4 rings (SSSR count). The average molecular weight is 363 g/mol. The van der Waals surface area contributed by atoms with Crippen LogP contribution >= 0.6 is 0 Å². The molecule has 7 nitrogen and oxygen atoms in total. The lowest BCUT2D eigenvalue weighted by molar-refractivity contribution is 0.122. The van der Waals surface area contributed by atoms with Crippen molar-refractivity contribution in [2.75, 3.05) is 43.6 Å². The van der Waals surface area contributed by atoms with Crippen LogP contribution in [0.2, 0.25) is 0 Å². The van der Waals surface area contributed by atoms with E-state index in [0.29, 0.717) is 5.95 Å². The Bertz CT molecular complexity index is 912. The lowest BCUT2D eigenvalue weighted by Gasteiger charge is -2.27. The van der Waals surface area contributed by atoms with Gasteiger partial charge < -0.3 is 19.7 Å². The first-order valence-corrected chi connectivity index (χ1v) is 8.85. The summed E-state index contributed by atoms with van der Waals surface area (Å²) in [7, 11) is 1.64. The predicted molar refractivity (Wildman–Crippen MR) is 105 cm³/mol. The van der Waals surface area contributed by atoms with Gasteiger partial charge in [0.15, 0.2) is 0 Å². The van der Waals surface area contributed by atoms with E-state index in [2.05, 4.69) is 31.2 Å². The molecule has 0 spiro atoms. The van der Waals surface area contributed by atoms with Crippen molar-refractivity contribution in [3.05, 3.63) is 54.9 Å². The number of hydrogen-bond donors (Lipinski definition) is 1. The van der Waals surface area contributed by atoms with Gasteiger partial charge in [-0.2, -0.15) is 0 Å². The number of rotatable bonds is 5. The summed E-state index contributed by atoms with van der Waals surface area (Å²) in [4.78, 5) is 15.7. The largest absolute Gasteiger partial charge is 0.497 e. The Morgan fingerprint density at radius 3 is 2.74 bits per heavy atom. The number of anilines is 3. The van der Waals surface area contributed by atoms with Gasteiger partial charge in [-0.1, -0.05) is 6.07 Å². The number of nitrogens with zero attached hydrogens (tertiary/aromatic N) is 4. The number of pyridine rings is 1. The Labute approximate surface area is 158 Å². The SMILES string of the molecule is COc1cccc(Nc2nccc(-c3ccnc(N4CCOCC4)c3)n2)c1. The molecule has 0 atom stereocenters. The van der Waals surface area contributed by atoms with Crippen molar-refractivity contribution in [3.63, 3.8) is 0 Å². The Kier molecular flexibility index (Phi) is 5.11. The van der Waals surface area contributed by atoms with Crippen molar-refractivity contribution < 1.29 is 9.47 Å². The van der Waals surface area contributed by atoms with Crippen molar-refractivity contribution in [1.29, 1.82) is 0 Å². The van der Waals surface area contributed by atoms with E-state index in [-0.39, 0.29) is 0 Å². The molecule has 0 bridgehead atoms. The summed E-state index contributed by atoms with van der Waals surface area (Å²) >= 11 is 0. The minimum absolute atomic E-state index is 0.533. The second kappa shape index (κ2) is 8.01. The summed E-state index contributed by atoms with van der Waals surface area (Å²) in [5.74, 6) is 2.25. The van der Waals surface area contributed by atoms with Crippen molar-refractivity contribution in [2.24, 2.45) is 0 Å². The van der Waals surface area contributed by atoms with Crippen LogP contribution in [0.1, 0.15) is 0 Å². The van der Waals surface area contributed by atoms with Gasteiger partial charge in [-0.05, 0) is 30.3 Å². The number of morpholine rings is 1. The van der Waals surface area contributed by atoms with Gasteiger partial charge in [-0.15, -0.1) is 0 Å². The highest BCUT2D eigenvalue weighted by Crippen LogP contribution is 2.24. The van der Waals surface area contributed by atoms with Gasteiger partial charge in [0.25, 0.3) is 0 Å². The molecule has 0 radical (unpaired) electrons. The third-order valence-electron chi connectivity index (χ3n) is 4.36. The van der Waals surface area contributed by atoms with Crippen LogP contribution < -0.4 is 15.0 Å². The zero-order chi connectivity index (χ0) is 18.5. The van der Waals surface area contributed by atoms with Crippen LogP contribution in [0.5, 0.6) is 5.75 Å². The summed E-state index contributed by atoms with van der Waals surface area (Å²) in [6.07, 6.45) is 3.57. The van der Waals surface area contributed by atoms with Crippen LogP contribution in [-0.4, -0.2) is 48.4 Å². The zero-order valence-corrected chi connectivity index (χ0v) is 15.1. The van der Waals surface area contributed by atoms with E-state index in [1.807, 2.05) is 42.6 Å². The van der Waals surface area contributed by atoms with E-state index in [0.717, 1.165) is 54.8 Å². The van der Waals surface area contributed by atoms with Gasteiger partial charge in [0.1, 0.15) is 11.6 Å². The highest BCUT2D eigenvalue weighted by Gasteiger charge is 2.13. The Morgan fingerprint density at radius 2 is 1.89 bits per heavy atom. The Balaban J connectivity index is 1.57. The average Bonchev–Trinajstić information content (AvgIpc) is 2.75. The standard InChI is InChI=1S/C20H21N5O2/c1-26-17-4-2-3-16(14-17)23-20-22-8-6-18(24-20)15-5-7-21-19(13-15)25-9-11-27-12-10-25/h2-8,13-14H,9-12H2,1H3,(H,22,23,24). The van der Waals surface area contributed by atoms with Crippen molar-refractivity contribution in [3.8, 4) is 17.0 Å². The first kappa shape index (κ1) is 17.2. The van der Waals surface area contributed by atoms with Crippen LogP contribution in [-0.2, 0) is 4.74 Å². The van der Waals surface area contributed by atoms with E-state index in [1.54, 1.807) is 13.3 Å². The highest BCUT2D eigenvalue weighted by atomic mass is 16.5. The number of methoxy groups -OCH3 is 1. The molecule has 7 heteroatoms. The molecule has 1 aliphatic heterocycles. The molecule has 0 amide bonds. The zero-order valence-electron chi connectivity index (χ0n) is 15.1. The second-order valence-electron chi connectivity index (χ2n) is 6.12. The fraction of sp³-hybridized carbons (Fsp3) is 0.250. The fourth-order valence-corrected chi connectivity index (χ4v) is 2.95. The summed E-state index contributed by atoms with van der Waals surface area (Å²) in [6, 6.07) is 13.6. The maximum Gasteiger partial charge on any atom is 0.227 e. The maximum atomic E-state index is 5.42. The summed E-state index contributed by atoms with van der Waals surface area (Å²) < 4.78 is 10.7. The van der Waals surface area contributed by atoms with Gasteiger partial charge in [0, 0.05) is 42.8 Å². The van der Waals surface area contributed by atoms with E-state index >= 15 is 0 Å².